The second-order valence-corrected chi connectivity index (χ2v) is 5.83. The monoisotopic (exact) mass is 256 g/mol. The fourth-order valence-electron chi connectivity index (χ4n) is 2.31. The molecular formula is C16H32O2. The van der Waals surface area contributed by atoms with E-state index >= 15 is 0 Å². The molecule has 18 heavy (non-hydrogen) atoms. The van der Waals surface area contributed by atoms with E-state index in [2.05, 4.69) is 13.8 Å². The molecule has 2 heteroatoms. The van der Waals surface area contributed by atoms with Gasteiger partial charge in [-0.3, -0.25) is 4.79 Å². The Morgan fingerprint density at radius 2 is 1.39 bits per heavy atom. The van der Waals surface area contributed by atoms with Crippen LogP contribution in [-0.2, 0) is 4.79 Å². The number of aliphatic carboxylic acids is 1. The molecule has 0 rings (SSSR count). The minimum Gasteiger partial charge on any atom is -0.481 e. The van der Waals surface area contributed by atoms with Crippen molar-refractivity contribution >= 4 is 5.97 Å². The van der Waals surface area contributed by atoms with Gasteiger partial charge in [0.05, 0.1) is 5.92 Å². The second-order valence-electron chi connectivity index (χ2n) is 5.83. The predicted molar refractivity (Wildman–Crippen MR) is 77.8 cm³/mol. The summed E-state index contributed by atoms with van der Waals surface area (Å²) in [6.45, 7) is 6.39. The molecule has 108 valence electrons. The molecule has 0 aromatic rings. The first-order chi connectivity index (χ1) is 8.57. The first-order valence-corrected chi connectivity index (χ1v) is 7.80. The quantitative estimate of drug-likeness (QED) is 0.483. The van der Waals surface area contributed by atoms with E-state index in [0.717, 1.165) is 18.8 Å². The fourth-order valence-corrected chi connectivity index (χ4v) is 2.31. The Hall–Kier alpha value is -0.530. The number of unbranched alkanes of at least 4 members (excludes halogenated alkanes) is 5. The highest BCUT2D eigenvalue weighted by Gasteiger charge is 2.10. The van der Waals surface area contributed by atoms with Gasteiger partial charge in [0.2, 0.25) is 0 Å². The number of carboxylic acids is 1. The van der Waals surface area contributed by atoms with Crippen molar-refractivity contribution in [1.82, 2.24) is 0 Å². The maximum Gasteiger partial charge on any atom is 0.306 e. The normalized spacial score (nSPS) is 14.4. The molecular weight excluding hydrogens is 224 g/mol. The van der Waals surface area contributed by atoms with Crippen LogP contribution in [0.5, 0.6) is 0 Å². The topological polar surface area (TPSA) is 37.3 Å². The second kappa shape index (κ2) is 11.6. The molecule has 0 spiro atoms. The van der Waals surface area contributed by atoms with Gasteiger partial charge in [-0.2, -0.15) is 0 Å². The molecule has 0 aliphatic rings. The van der Waals surface area contributed by atoms with E-state index in [0.29, 0.717) is 0 Å². The van der Waals surface area contributed by atoms with Gasteiger partial charge in [0.15, 0.2) is 0 Å². The maximum absolute atomic E-state index is 10.7. The highest BCUT2D eigenvalue weighted by atomic mass is 16.4. The highest BCUT2D eigenvalue weighted by molar-refractivity contribution is 5.69. The molecule has 0 aromatic heterocycles. The molecule has 0 fully saturated rings. The van der Waals surface area contributed by atoms with Gasteiger partial charge < -0.3 is 5.11 Å². The van der Waals surface area contributed by atoms with E-state index < -0.39 is 5.97 Å². The fraction of sp³-hybridized carbons (Fsp3) is 0.938. The molecule has 0 saturated heterocycles. The summed E-state index contributed by atoms with van der Waals surface area (Å²) >= 11 is 0. The number of rotatable bonds is 12. The van der Waals surface area contributed by atoms with Gasteiger partial charge in [0.25, 0.3) is 0 Å². The van der Waals surface area contributed by atoms with E-state index in [1.165, 1.54) is 51.4 Å². The highest BCUT2D eigenvalue weighted by Crippen LogP contribution is 2.18. The smallest absolute Gasteiger partial charge is 0.306 e. The maximum atomic E-state index is 10.7. The minimum absolute atomic E-state index is 0.172. The summed E-state index contributed by atoms with van der Waals surface area (Å²) in [7, 11) is 0. The average molecular weight is 256 g/mol. The summed E-state index contributed by atoms with van der Waals surface area (Å²) in [4.78, 5) is 10.7. The Kier molecular flexibility index (Phi) is 11.2. The van der Waals surface area contributed by atoms with Crippen LogP contribution in [0.1, 0.15) is 85.0 Å². The Labute approximate surface area is 113 Å². The third-order valence-corrected chi connectivity index (χ3v) is 3.81. The molecule has 2 atom stereocenters. The van der Waals surface area contributed by atoms with E-state index in [-0.39, 0.29) is 5.92 Å². The third kappa shape index (κ3) is 10.6. The third-order valence-electron chi connectivity index (χ3n) is 3.81. The van der Waals surface area contributed by atoms with Crippen LogP contribution in [0.3, 0.4) is 0 Å². The lowest BCUT2D eigenvalue weighted by Gasteiger charge is -2.11. The van der Waals surface area contributed by atoms with Crippen molar-refractivity contribution in [3.8, 4) is 0 Å². The summed E-state index contributed by atoms with van der Waals surface area (Å²) in [5.74, 6) is -0.0138. The van der Waals surface area contributed by atoms with E-state index in [9.17, 15) is 4.79 Å². The van der Waals surface area contributed by atoms with Crippen LogP contribution >= 0.6 is 0 Å². The van der Waals surface area contributed by atoms with Gasteiger partial charge >= 0.3 is 5.97 Å². The molecule has 0 aliphatic heterocycles. The van der Waals surface area contributed by atoms with Crippen molar-refractivity contribution in [3.05, 3.63) is 0 Å². The van der Waals surface area contributed by atoms with Crippen LogP contribution in [0.4, 0.5) is 0 Å². The van der Waals surface area contributed by atoms with Crippen molar-refractivity contribution in [2.24, 2.45) is 11.8 Å². The summed E-state index contributed by atoms with van der Waals surface area (Å²) in [5.41, 5.74) is 0. The number of hydrogen-bond donors (Lipinski definition) is 1. The van der Waals surface area contributed by atoms with Crippen LogP contribution < -0.4 is 0 Å². The zero-order valence-electron chi connectivity index (χ0n) is 12.6. The lowest BCUT2D eigenvalue weighted by Crippen LogP contribution is -2.09. The van der Waals surface area contributed by atoms with E-state index in [1.807, 2.05) is 0 Å². The molecule has 0 saturated carbocycles. The predicted octanol–water partition coefficient (Wildman–Crippen LogP) is 5.26. The molecule has 0 bridgehead atoms. The van der Waals surface area contributed by atoms with Crippen molar-refractivity contribution < 1.29 is 9.90 Å². The van der Waals surface area contributed by atoms with Crippen LogP contribution in [0.15, 0.2) is 0 Å². The Morgan fingerprint density at radius 3 is 1.94 bits per heavy atom. The lowest BCUT2D eigenvalue weighted by atomic mass is 9.95. The Balaban J connectivity index is 3.31. The molecule has 1 N–H and O–H groups in total. The zero-order valence-corrected chi connectivity index (χ0v) is 12.6. The number of carboxylic acid groups (broad SMARTS) is 1. The summed E-state index contributed by atoms with van der Waals surface area (Å²) in [5, 5.41) is 8.78. The molecule has 0 aromatic carbocycles. The van der Waals surface area contributed by atoms with Crippen molar-refractivity contribution in [2.75, 3.05) is 0 Å². The molecule has 0 amide bonds. The first kappa shape index (κ1) is 17.5. The van der Waals surface area contributed by atoms with Crippen molar-refractivity contribution in [2.45, 2.75) is 85.0 Å². The standard InChI is InChI=1S/C16H32O2/c1-4-5-6-7-8-11-14(2)12-9-10-13-15(3)16(17)18/h14-15H,4-13H2,1-3H3,(H,17,18). The van der Waals surface area contributed by atoms with Crippen molar-refractivity contribution in [3.63, 3.8) is 0 Å². The van der Waals surface area contributed by atoms with Crippen molar-refractivity contribution in [1.29, 1.82) is 0 Å². The van der Waals surface area contributed by atoms with Gasteiger partial charge in [0, 0.05) is 0 Å². The lowest BCUT2D eigenvalue weighted by molar-refractivity contribution is -0.141. The Bertz CT molecular complexity index is 201. The SMILES string of the molecule is CCCCCCCC(C)CCCCC(C)C(=O)O. The summed E-state index contributed by atoms with van der Waals surface area (Å²) in [6.07, 6.45) is 12.5. The van der Waals surface area contributed by atoms with Crippen LogP contribution in [0.2, 0.25) is 0 Å². The molecule has 2 unspecified atom stereocenters. The molecule has 0 aliphatic carbocycles. The number of hydrogen-bond acceptors (Lipinski definition) is 1. The van der Waals surface area contributed by atoms with Gasteiger partial charge in [-0.1, -0.05) is 78.6 Å². The minimum atomic E-state index is -0.654. The summed E-state index contributed by atoms with van der Waals surface area (Å²) < 4.78 is 0. The largest absolute Gasteiger partial charge is 0.481 e. The van der Waals surface area contributed by atoms with E-state index in [1.54, 1.807) is 6.92 Å². The van der Waals surface area contributed by atoms with E-state index in [4.69, 9.17) is 5.11 Å². The van der Waals surface area contributed by atoms with Crippen LogP contribution in [-0.4, -0.2) is 11.1 Å². The Morgan fingerprint density at radius 1 is 0.889 bits per heavy atom. The van der Waals surface area contributed by atoms with Crippen LogP contribution in [0.25, 0.3) is 0 Å². The first-order valence-electron chi connectivity index (χ1n) is 7.80. The summed E-state index contributed by atoms with van der Waals surface area (Å²) in [6, 6.07) is 0. The van der Waals surface area contributed by atoms with Gasteiger partial charge in [-0.25, -0.2) is 0 Å². The van der Waals surface area contributed by atoms with Gasteiger partial charge in [0.1, 0.15) is 0 Å². The zero-order chi connectivity index (χ0) is 13.8. The van der Waals surface area contributed by atoms with Gasteiger partial charge in [-0.15, -0.1) is 0 Å². The van der Waals surface area contributed by atoms with Crippen LogP contribution in [0, 0.1) is 11.8 Å². The molecule has 0 radical (unpaired) electrons. The molecule has 2 nitrogen and oxygen atoms in total. The molecule has 0 heterocycles. The van der Waals surface area contributed by atoms with Gasteiger partial charge in [-0.05, 0) is 12.3 Å². The number of carbonyl (C=O) groups is 1. The average Bonchev–Trinajstić information content (AvgIpc) is 2.34.